The van der Waals surface area contributed by atoms with Gasteiger partial charge in [-0.05, 0) is 29.8 Å². The van der Waals surface area contributed by atoms with Gasteiger partial charge in [-0.3, -0.25) is 4.79 Å². The summed E-state index contributed by atoms with van der Waals surface area (Å²) in [6.45, 7) is 0.321. The number of halogens is 1. The monoisotopic (exact) mass is 272 g/mol. The highest BCUT2D eigenvalue weighted by Gasteiger charge is 2.23. The summed E-state index contributed by atoms with van der Waals surface area (Å²) in [6, 6.07) is 11.7. The van der Waals surface area contributed by atoms with Gasteiger partial charge in [0.25, 0.3) is 0 Å². The molecule has 3 rings (SSSR count). The Bertz CT molecular complexity index is 614. The van der Waals surface area contributed by atoms with Gasteiger partial charge in [0.05, 0.1) is 5.56 Å². The van der Waals surface area contributed by atoms with Crippen LogP contribution in [0.25, 0.3) is 0 Å². The van der Waals surface area contributed by atoms with Gasteiger partial charge in [0.1, 0.15) is 30.0 Å². The molecule has 0 amide bonds. The third-order valence-corrected chi connectivity index (χ3v) is 3.24. The zero-order valence-corrected chi connectivity index (χ0v) is 10.7. The first-order chi connectivity index (χ1) is 9.76. The number of ether oxygens (including phenoxy) is 2. The summed E-state index contributed by atoms with van der Waals surface area (Å²) >= 11 is 0. The fraction of sp³-hybridized carbons (Fsp3) is 0.188. The van der Waals surface area contributed by atoms with Crippen LogP contribution in [0.15, 0.2) is 42.5 Å². The van der Waals surface area contributed by atoms with Gasteiger partial charge in [-0.15, -0.1) is 0 Å². The quantitative estimate of drug-likeness (QED) is 0.803. The summed E-state index contributed by atoms with van der Waals surface area (Å²) in [4.78, 5) is 10.9. The van der Waals surface area contributed by atoms with E-state index in [0.717, 1.165) is 23.8 Å². The van der Waals surface area contributed by atoms with Crippen LogP contribution in [0, 0.1) is 5.82 Å². The molecule has 2 aromatic rings. The molecular weight excluding hydrogens is 259 g/mol. The SMILES string of the molecule is O=Cc1cc(F)ccc1OCC1Cc2ccccc2O1. The van der Waals surface area contributed by atoms with Crippen molar-refractivity contribution in [2.75, 3.05) is 6.61 Å². The number of carbonyl (C=O) groups is 1. The molecule has 4 heteroatoms. The minimum absolute atomic E-state index is 0.0862. The highest BCUT2D eigenvalue weighted by Crippen LogP contribution is 2.28. The Kier molecular flexibility index (Phi) is 3.37. The first-order valence-corrected chi connectivity index (χ1v) is 6.38. The predicted octanol–water partition coefficient (Wildman–Crippen LogP) is 3.02. The van der Waals surface area contributed by atoms with Crippen LogP contribution >= 0.6 is 0 Å². The summed E-state index contributed by atoms with van der Waals surface area (Å²) in [5.74, 6) is 0.792. The van der Waals surface area contributed by atoms with Gasteiger partial charge in [-0.1, -0.05) is 18.2 Å². The zero-order valence-electron chi connectivity index (χ0n) is 10.7. The van der Waals surface area contributed by atoms with E-state index < -0.39 is 5.82 Å². The normalized spacial score (nSPS) is 16.4. The zero-order chi connectivity index (χ0) is 13.9. The number of para-hydroxylation sites is 1. The Morgan fingerprint density at radius 2 is 2.15 bits per heavy atom. The molecule has 0 bridgehead atoms. The lowest BCUT2D eigenvalue weighted by atomic mass is 10.1. The molecule has 0 aromatic heterocycles. The molecule has 3 nitrogen and oxygen atoms in total. The van der Waals surface area contributed by atoms with Crippen molar-refractivity contribution >= 4 is 6.29 Å². The lowest BCUT2D eigenvalue weighted by Gasteiger charge is -2.13. The Hall–Kier alpha value is -2.36. The molecular formula is C16H13FO3. The molecule has 0 radical (unpaired) electrons. The molecule has 20 heavy (non-hydrogen) atoms. The molecule has 1 aliphatic heterocycles. The molecule has 1 heterocycles. The summed E-state index contributed by atoms with van der Waals surface area (Å²) in [5.41, 5.74) is 1.36. The Balaban J connectivity index is 1.66. The van der Waals surface area contributed by atoms with Crippen LogP contribution in [-0.2, 0) is 6.42 Å². The van der Waals surface area contributed by atoms with Crippen molar-refractivity contribution in [3.8, 4) is 11.5 Å². The average Bonchev–Trinajstić information content (AvgIpc) is 2.88. The summed E-state index contributed by atoms with van der Waals surface area (Å²) < 4.78 is 24.3. The van der Waals surface area contributed by atoms with Crippen LogP contribution in [0.2, 0.25) is 0 Å². The first kappa shape index (κ1) is 12.7. The van der Waals surface area contributed by atoms with Gasteiger partial charge in [-0.25, -0.2) is 4.39 Å². The average molecular weight is 272 g/mol. The van der Waals surface area contributed by atoms with E-state index in [1.807, 2.05) is 24.3 Å². The van der Waals surface area contributed by atoms with Gasteiger partial charge in [0.2, 0.25) is 0 Å². The number of rotatable bonds is 4. The van der Waals surface area contributed by atoms with E-state index >= 15 is 0 Å². The van der Waals surface area contributed by atoms with Crippen molar-refractivity contribution in [1.29, 1.82) is 0 Å². The van der Waals surface area contributed by atoms with Crippen LogP contribution in [0.5, 0.6) is 11.5 Å². The lowest BCUT2D eigenvalue weighted by Crippen LogP contribution is -2.22. The summed E-state index contributed by atoms with van der Waals surface area (Å²) in [6.07, 6.45) is 1.27. The van der Waals surface area contributed by atoms with E-state index in [-0.39, 0.29) is 11.7 Å². The largest absolute Gasteiger partial charge is 0.489 e. The van der Waals surface area contributed by atoms with Crippen molar-refractivity contribution in [3.63, 3.8) is 0 Å². The fourth-order valence-corrected chi connectivity index (χ4v) is 2.27. The van der Waals surface area contributed by atoms with Gasteiger partial charge < -0.3 is 9.47 Å². The number of benzene rings is 2. The maximum absolute atomic E-state index is 13.0. The van der Waals surface area contributed by atoms with Gasteiger partial charge in [-0.2, -0.15) is 0 Å². The minimum atomic E-state index is -0.455. The highest BCUT2D eigenvalue weighted by molar-refractivity contribution is 5.79. The smallest absolute Gasteiger partial charge is 0.153 e. The Morgan fingerprint density at radius 3 is 2.95 bits per heavy atom. The predicted molar refractivity (Wildman–Crippen MR) is 71.8 cm³/mol. The molecule has 0 saturated heterocycles. The molecule has 0 N–H and O–H groups in total. The molecule has 2 aromatic carbocycles. The van der Waals surface area contributed by atoms with Crippen LogP contribution in [0.3, 0.4) is 0 Å². The topological polar surface area (TPSA) is 35.5 Å². The number of hydrogen-bond acceptors (Lipinski definition) is 3. The molecule has 1 unspecified atom stereocenters. The van der Waals surface area contributed by atoms with Crippen LogP contribution < -0.4 is 9.47 Å². The van der Waals surface area contributed by atoms with Crippen LogP contribution in [0.1, 0.15) is 15.9 Å². The maximum atomic E-state index is 13.0. The van der Waals surface area contributed by atoms with Crippen LogP contribution in [-0.4, -0.2) is 19.0 Å². The molecule has 0 fully saturated rings. The lowest BCUT2D eigenvalue weighted by molar-refractivity contribution is 0.111. The number of hydrogen-bond donors (Lipinski definition) is 0. The fourth-order valence-electron chi connectivity index (χ4n) is 2.27. The second-order valence-corrected chi connectivity index (χ2v) is 4.66. The van der Waals surface area contributed by atoms with Gasteiger partial charge >= 0.3 is 0 Å². The number of fused-ring (bicyclic) bond motifs is 1. The van der Waals surface area contributed by atoms with Crippen LogP contribution in [0.4, 0.5) is 4.39 Å². The molecule has 0 aliphatic carbocycles. The minimum Gasteiger partial charge on any atom is -0.489 e. The van der Waals surface area contributed by atoms with E-state index in [1.54, 1.807) is 0 Å². The van der Waals surface area contributed by atoms with Gasteiger partial charge in [0.15, 0.2) is 6.29 Å². The first-order valence-electron chi connectivity index (χ1n) is 6.38. The second kappa shape index (κ2) is 5.33. The molecule has 1 aliphatic rings. The van der Waals surface area contributed by atoms with E-state index in [4.69, 9.17) is 9.47 Å². The standard InChI is InChI=1S/C16H13FO3/c17-13-5-6-15(12(7-13)9-18)19-10-14-8-11-3-1-2-4-16(11)20-14/h1-7,9,14H,8,10H2. The van der Waals surface area contributed by atoms with E-state index in [0.29, 0.717) is 18.6 Å². The third kappa shape index (κ3) is 2.50. The maximum Gasteiger partial charge on any atom is 0.153 e. The van der Waals surface area contributed by atoms with Crippen molar-refractivity contribution in [2.24, 2.45) is 0 Å². The van der Waals surface area contributed by atoms with Crippen molar-refractivity contribution < 1.29 is 18.7 Å². The van der Waals surface area contributed by atoms with Crippen molar-refractivity contribution in [2.45, 2.75) is 12.5 Å². The van der Waals surface area contributed by atoms with Crippen molar-refractivity contribution in [1.82, 2.24) is 0 Å². The molecule has 1 atom stereocenters. The number of aldehydes is 1. The van der Waals surface area contributed by atoms with Gasteiger partial charge in [0, 0.05) is 6.42 Å². The molecule has 0 saturated carbocycles. The summed E-state index contributed by atoms with van der Waals surface area (Å²) in [7, 11) is 0. The second-order valence-electron chi connectivity index (χ2n) is 4.66. The van der Waals surface area contributed by atoms with E-state index in [1.165, 1.54) is 12.1 Å². The summed E-state index contributed by atoms with van der Waals surface area (Å²) in [5, 5.41) is 0. The molecule has 0 spiro atoms. The Labute approximate surface area is 115 Å². The molecule has 102 valence electrons. The number of carbonyl (C=O) groups excluding carboxylic acids is 1. The van der Waals surface area contributed by atoms with E-state index in [9.17, 15) is 9.18 Å². The highest BCUT2D eigenvalue weighted by atomic mass is 19.1. The third-order valence-electron chi connectivity index (χ3n) is 3.24. The Morgan fingerprint density at radius 1 is 1.30 bits per heavy atom. The van der Waals surface area contributed by atoms with Crippen molar-refractivity contribution in [3.05, 3.63) is 59.4 Å². The van der Waals surface area contributed by atoms with E-state index in [2.05, 4.69) is 0 Å².